The van der Waals surface area contributed by atoms with E-state index in [1.54, 1.807) is 45.5 Å². The minimum absolute atomic E-state index is 0. The van der Waals surface area contributed by atoms with Gasteiger partial charge in [0, 0.05) is 33.2 Å². The predicted octanol–water partition coefficient (Wildman–Crippen LogP) is 1.32. The quantitative estimate of drug-likeness (QED) is 0.689. The minimum Gasteiger partial charge on any atom is -0.483 e. The Morgan fingerprint density at radius 2 is 1.89 bits per heavy atom. The van der Waals surface area contributed by atoms with E-state index in [9.17, 15) is 9.59 Å². The molecule has 1 aromatic rings. The van der Waals surface area contributed by atoms with Gasteiger partial charge in [0.05, 0.1) is 12.2 Å². The van der Waals surface area contributed by atoms with Crippen LogP contribution in [0.25, 0.3) is 0 Å². The Hall–Kier alpha value is -1.83. The van der Waals surface area contributed by atoms with Crippen LogP contribution in [0.1, 0.15) is 23.2 Å². The number of carbonyl (C=O) groups excluding carboxylic acids is 2. The molecule has 1 aliphatic heterocycles. The van der Waals surface area contributed by atoms with Crippen molar-refractivity contribution in [3.8, 4) is 5.75 Å². The van der Waals surface area contributed by atoms with E-state index in [1.165, 1.54) is 4.90 Å². The molecular formula is C19H30ClN3O4. The Bertz CT molecular complexity index is 613. The topological polar surface area (TPSA) is 79.9 Å². The summed E-state index contributed by atoms with van der Waals surface area (Å²) in [7, 11) is 5.02. The maximum absolute atomic E-state index is 12.7. The monoisotopic (exact) mass is 399 g/mol. The van der Waals surface area contributed by atoms with Gasteiger partial charge in [-0.1, -0.05) is 12.1 Å². The number of para-hydroxylation sites is 1. The van der Waals surface area contributed by atoms with Crippen molar-refractivity contribution in [2.45, 2.75) is 12.8 Å². The van der Waals surface area contributed by atoms with E-state index in [0.717, 1.165) is 25.9 Å². The molecular weight excluding hydrogens is 370 g/mol. The van der Waals surface area contributed by atoms with E-state index in [1.807, 2.05) is 0 Å². The van der Waals surface area contributed by atoms with E-state index in [-0.39, 0.29) is 36.2 Å². The average Bonchev–Trinajstić information content (AvgIpc) is 2.65. The lowest BCUT2D eigenvalue weighted by atomic mass is 9.79. The lowest BCUT2D eigenvalue weighted by Gasteiger charge is -2.37. The van der Waals surface area contributed by atoms with Crippen molar-refractivity contribution >= 4 is 24.2 Å². The molecule has 0 bridgehead atoms. The van der Waals surface area contributed by atoms with E-state index >= 15 is 0 Å². The van der Waals surface area contributed by atoms with Crippen molar-refractivity contribution in [1.29, 1.82) is 0 Å². The Balaban J connectivity index is 0.00000364. The van der Waals surface area contributed by atoms with Crippen molar-refractivity contribution in [3.05, 3.63) is 29.8 Å². The Morgan fingerprint density at radius 1 is 1.22 bits per heavy atom. The first-order valence-electron chi connectivity index (χ1n) is 8.87. The number of rotatable bonds is 8. The SMILES string of the molecule is COCC1(CNC(=O)c2ccccc2OCC(=O)N(C)C)CCNCC1.Cl. The van der Waals surface area contributed by atoms with Crippen molar-refractivity contribution < 1.29 is 19.1 Å². The maximum Gasteiger partial charge on any atom is 0.259 e. The lowest BCUT2D eigenvalue weighted by Crippen LogP contribution is -2.47. The maximum atomic E-state index is 12.7. The summed E-state index contributed by atoms with van der Waals surface area (Å²) in [6.07, 6.45) is 1.91. The predicted molar refractivity (Wildman–Crippen MR) is 107 cm³/mol. The summed E-state index contributed by atoms with van der Waals surface area (Å²) < 4.78 is 10.9. The van der Waals surface area contributed by atoms with Crippen LogP contribution in [0.2, 0.25) is 0 Å². The first-order valence-corrected chi connectivity index (χ1v) is 8.87. The highest BCUT2D eigenvalue weighted by Gasteiger charge is 2.32. The molecule has 1 saturated heterocycles. The standard InChI is InChI=1S/C19H29N3O4.ClH/c1-22(2)17(23)12-26-16-7-5-4-6-15(16)18(24)21-13-19(14-25-3)8-10-20-11-9-19;/h4-7,20H,8-14H2,1-3H3,(H,21,24);1H. The summed E-state index contributed by atoms with van der Waals surface area (Å²) in [5, 5.41) is 6.36. The number of carbonyl (C=O) groups is 2. The van der Waals surface area contributed by atoms with Gasteiger partial charge >= 0.3 is 0 Å². The molecule has 2 amide bonds. The molecule has 1 fully saturated rings. The van der Waals surface area contributed by atoms with Gasteiger partial charge in [-0.3, -0.25) is 9.59 Å². The molecule has 1 aliphatic rings. The lowest BCUT2D eigenvalue weighted by molar-refractivity contribution is -0.130. The van der Waals surface area contributed by atoms with Gasteiger partial charge in [0.2, 0.25) is 0 Å². The molecule has 152 valence electrons. The second kappa shape index (κ2) is 11.1. The molecule has 0 saturated carbocycles. The molecule has 1 aromatic carbocycles. The van der Waals surface area contributed by atoms with Crippen LogP contribution in [0, 0.1) is 5.41 Å². The summed E-state index contributed by atoms with van der Waals surface area (Å²) >= 11 is 0. The van der Waals surface area contributed by atoms with Gasteiger partial charge in [0.15, 0.2) is 6.61 Å². The first kappa shape index (κ1) is 23.2. The summed E-state index contributed by atoms with van der Waals surface area (Å²) in [6.45, 7) is 2.91. The number of nitrogens with one attached hydrogen (secondary N) is 2. The number of piperidine rings is 1. The summed E-state index contributed by atoms with van der Waals surface area (Å²) in [4.78, 5) is 25.9. The molecule has 8 heteroatoms. The highest BCUT2D eigenvalue weighted by Crippen LogP contribution is 2.28. The fourth-order valence-corrected chi connectivity index (χ4v) is 3.05. The Morgan fingerprint density at radius 3 is 2.52 bits per heavy atom. The number of halogens is 1. The summed E-state index contributed by atoms with van der Waals surface area (Å²) in [5.41, 5.74) is 0.382. The van der Waals surface area contributed by atoms with Crippen LogP contribution in [0.4, 0.5) is 0 Å². The molecule has 0 unspecified atom stereocenters. The number of nitrogens with zero attached hydrogens (tertiary/aromatic N) is 1. The van der Waals surface area contributed by atoms with E-state index in [0.29, 0.717) is 24.5 Å². The molecule has 7 nitrogen and oxygen atoms in total. The Labute approximate surface area is 167 Å². The largest absolute Gasteiger partial charge is 0.483 e. The Kier molecular flexibility index (Phi) is 9.55. The third kappa shape index (κ3) is 6.68. The number of hydrogen-bond donors (Lipinski definition) is 2. The molecule has 0 aliphatic carbocycles. The number of benzene rings is 1. The van der Waals surface area contributed by atoms with E-state index in [2.05, 4.69) is 10.6 Å². The van der Waals surface area contributed by atoms with Crippen molar-refractivity contribution in [3.63, 3.8) is 0 Å². The fourth-order valence-electron chi connectivity index (χ4n) is 3.05. The molecule has 0 spiro atoms. The van der Waals surface area contributed by atoms with Crippen LogP contribution in [-0.4, -0.2) is 70.8 Å². The smallest absolute Gasteiger partial charge is 0.259 e. The van der Waals surface area contributed by atoms with E-state index in [4.69, 9.17) is 9.47 Å². The second-order valence-electron chi connectivity index (χ2n) is 6.94. The number of likely N-dealkylation sites (N-methyl/N-ethyl adjacent to an activating group) is 1. The van der Waals surface area contributed by atoms with Gasteiger partial charge in [-0.2, -0.15) is 0 Å². The fraction of sp³-hybridized carbons (Fsp3) is 0.579. The number of ether oxygens (including phenoxy) is 2. The molecule has 27 heavy (non-hydrogen) atoms. The van der Waals surface area contributed by atoms with Crippen LogP contribution in [-0.2, 0) is 9.53 Å². The first-order chi connectivity index (χ1) is 12.5. The van der Waals surface area contributed by atoms with Gasteiger partial charge in [0.1, 0.15) is 5.75 Å². The second-order valence-corrected chi connectivity index (χ2v) is 6.94. The van der Waals surface area contributed by atoms with Crippen molar-refractivity contribution in [2.75, 3.05) is 54.1 Å². The number of amides is 2. The zero-order valence-corrected chi connectivity index (χ0v) is 17.1. The molecule has 2 rings (SSSR count). The van der Waals surface area contributed by atoms with Crippen LogP contribution < -0.4 is 15.4 Å². The van der Waals surface area contributed by atoms with Gasteiger partial charge in [-0.15, -0.1) is 12.4 Å². The zero-order valence-electron chi connectivity index (χ0n) is 16.2. The van der Waals surface area contributed by atoms with Gasteiger partial charge in [0.25, 0.3) is 11.8 Å². The van der Waals surface area contributed by atoms with Gasteiger partial charge in [-0.25, -0.2) is 0 Å². The highest BCUT2D eigenvalue weighted by atomic mass is 35.5. The average molecular weight is 400 g/mol. The zero-order chi connectivity index (χ0) is 19.0. The van der Waals surface area contributed by atoms with Crippen LogP contribution in [0.5, 0.6) is 5.75 Å². The molecule has 0 aromatic heterocycles. The van der Waals surface area contributed by atoms with Crippen LogP contribution in [0.3, 0.4) is 0 Å². The highest BCUT2D eigenvalue weighted by molar-refractivity contribution is 5.97. The molecule has 1 heterocycles. The van der Waals surface area contributed by atoms with E-state index < -0.39 is 0 Å². The normalized spacial score (nSPS) is 15.4. The molecule has 0 atom stereocenters. The van der Waals surface area contributed by atoms with Gasteiger partial charge in [-0.05, 0) is 38.1 Å². The minimum atomic E-state index is -0.202. The molecule has 0 radical (unpaired) electrons. The van der Waals surface area contributed by atoms with Crippen molar-refractivity contribution in [1.82, 2.24) is 15.5 Å². The van der Waals surface area contributed by atoms with Crippen LogP contribution in [0.15, 0.2) is 24.3 Å². The molecule has 2 N–H and O–H groups in total. The third-order valence-electron chi connectivity index (χ3n) is 4.72. The number of hydrogen-bond acceptors (Lipinski definition) is 5. The van der Waals surface area contributed by atoms with Crippen molar-refractivity contribution in [2.24, 2.45) is 5.41 Å². The van der Waals surface area contributed by atoms with Crippen LogP contribution >= 0.6 is 12.4 Å². The summed E-state index contributed by atoms with van der Waals surface area (Å²) in [5.74, 6) is 0.0483. The van der Waals surface area contributed by atoms with Gasteiger partial charge < -0.3 is 25.0 Å². The third-order valence-corrected chi connectivity index (χ3v) is 4.72. The number of methoxy groups -OCH3 is 1. The summed E-state index contributed by atoms with van der Waals surface area (Å²) in [6, 6.07) is 6.97.